The molecule has 7 nitrogen and oxygen atoms in total. The Morgan fingerprint density at radius 1 is 1.48 bits per heavy atom. The average molecular weight is 313 g/mol. The van der Waals surface area contributed by atoms with Crippen LogP contribution in [-0.4, -0.2) is 55.3 Å². The Labute approximate surface area is 126 Å². The first-order chi connectivity index (χ1) is 10.0. The zero-order valence-corrected chi connectivity index (χ0v) is 13.3. The number of nitrogens with one attached hydrogen (secondary N) is 1. The molecule has 0 saturated carbocycles. The first kappa shape index (κ1) is 16.2. The van der Waals surface area contributed by atoms with E-state index >= 15 is 0 Å². The first-order valence-electron chi connectivity index (χ1n) is 7.12. The summed E-state index contributed by atoms with van der Waals surface area (Å²) in [7, 11) is -1.64. The predicted molar refractivity (Wildman–Crippen MR) is 82.1 cm³/mol. The molecule has 2 heterocycles. The minimum atomic E-state index is -3.66. The lowest BCUT2D eigenvalue weighted by atomic mass is 10.2. The van der Waals surface area contributed by atoms with Gasteiger partial charge in [0, 0.05) is 25.3 Å². The van der Waals surface area contributed by atoms with Gasteiger partial charge >= 0.3 is 0 Å². The predicted octanol–water partition coefficient (Wildman–Crippen LogP) is 0.472. The summed E-state index contributed by atoms with van der Waals surface area (Å²) in [6.07, 6.45) is 3.05. The van der Waals surface area contributed by atoms with Gasteiger partial charge in [-0.3, -0.25) is 5.84 Å². The molecule has 1 aliphatic heterocycles. The van der Waals surface area contributed by atoms with Crippen molar-refractivity contribution in [3.8, 4) is 0 Å². The Morgan fingerprint density at radius 3 is 2.90 bits per heavy atom. The second-order valence-corrected chi connectivity index (χ2v) is 7.10. The molecular weight excluding hydrogens is 290 g/mol. The van der Waals surface area contributed by atoms with Gasteiger partial charge in [0.05, 0.1) is 5.69 Å². The van der Waals surface area contributed by atoms with Gasteiger partial charge in [-0.1, -0.05) is 6.92 Å². The van der Waals surface area contributed by atoms with Crippen LogP contribution < -0.4 is 11.3 Å². The molecule has 3 N–H and O–H groups in total. The van der Waals surface area contributed by atoms with E-state index in [4.69, 9.17) is 5.84 Å². The molecule has 21 heavy (non-hydrogen) atoms. The highest BCUT2D eigenvalue weighted by Gasteiger charge is 2.35. The van der Waals surface area contributed by atoms with Crippen LogP contribution in [0.25, 0.3) is 0 Å². The third-order valence-corrected chi connectivity index (χ3v) is 5.71. The molecule has 1 atom stereocenters. The lowest BCUT2D eigenvalue weighted by Gasteiger charge is -2.29. The van der Waals surface area contributed by atoms with Crippen LogP contribution >= 0.6 is 0 Å². The summed E-state index contributed by atoms with van der Waals surface area (Å²) in [6.45, 7) is 4.14. The summed E-state index contributed by atoms with van der Waals surface area (Å²) >= 11 is 0. The maximum Gasteiger partial charge on any atom is 0.262 e. The van der Waals surface area contributed by atoms with Gasteiger partial charge < -0.3 is 10.3 Å². The molecule has 118 valence electrons. The Morgan fingerprint density at radius 2 is 2.24 bits per heavy atom. The summed E-state index contributed by atoms with van der Waals surface area (Å²) < 4.78 is 27.5. The maximum atomic E-state index is 12.9. The second-order valence-electron chi connectivity index (χ2n) is 5.29. The van der Waals surface area contributed by atoms with Crippen molar-refractivity contribution in [3.05, 3.63) is 18.3 Å². The van der Waals surface area contributed by atoms with E-state index < -0.39 is 10.0 Å². The molecule has 1 fully saturated rings. The first-order valence-corrected chi connectivity index (χ1v) is 8.56. The summed E-state index contributed by atoms with van der Waals surface area (Å²) in [4.78, 5) is 6.20. The highest BCUT2D eigenvalue weighted by Crippen LogP contribution is 2.25. The summed E-state index contributed by atoms with van der Waals surface area (Å²) in [5.74, 6) is 5.42. The lowest BCUT2D eigenvalue weighted by Crippen LogP contribution is -2.43. The Bertz CT molecular complexity index is 578. The Balaban J connectivity index is 2.41. The van der Waals surface area contributed by atoms with Gasteiger partial charge in [0.15, 0.2) is 5.03 Å². The average Bonchev–Trinajstić information content (AvgIpc) is 2.68. The van der Waals surface area contributed by atoms with Crippen molar-refractivity contribution in [2.45, 2.75) is 30.8 Å². The van der Waals surface area contributed by atoms with Gasteiger partial charge in [0.25, 0.3) is 10.0 Å². The van der Waals surface area contributed by atoms with E-state index in [0.717, 1.165) is 25.9 Å². The highest BCUT2D eigenvalue weighted by molar-refractivity contribution is 7.89. The zero-order chi connectivity index (χ0) is 15.5. The van der Waals surface area contributed by atoms with Gasteiger partial charge in [-0.05, 0) is 38.6 Å². The molecule has 1 unspecified atom stereocenters. The SMILES string of the molecule is CCC1CN(C)CCCN1S(=O)(=O)c1ncccc1NN. The topological polar surface area (TPSA) is 91.6 Å². The van der Waals surface area contributed by atoms with Crippen LogP contribution in [0.15, 0.2) is 23.4 Å². The number of pyridine rings is 1. The van der Waals surface area contributed by atoms with Crippen molar-refractivity contribution in [2.24, 2.45) is 5.84 Å². The van der Waals surface area contributed by atoms with Gasteiger partial charge in [-0.25, -0.2) is 13.4 Å². The van der Waals surface area contributed by atoms with Crippen LogP contribution in [-0.2, 0) is 10.0 Å². The van der Waals surface area contributed by atoms with Crippen LogP contribution in [0.1, 0.15) is 19.8 Å². The molecule has 0 bridgehead atoms. The van der Waals surface area contributed by atoms with Gasteiger partial charge in [-0.15, -0.1) is 0 Å². The smallest absolute Gasteiger partial charge is 0.262 e. The van der Waals surface area contributed by atoms with Crippen LogP contribution in [0.5, 0.6) is 0 Å². The molecule has 1 saturated heterocycles. The molecule has 8 heteroatoms. The molecule has 1 aromatic rings. The molecule has 0 aromatic carbocycles. The number of likely N-dealkylation sites (N-methyl/N-ethyl adjacent to an activating group) is 1. The van der Waals surface area contributed by atoms with Crippen molar-refractivity contribution in [1.82, 2.24) is 14.2 Å². The van der Waals surface area contributed by atoms with Crippen LogP contribution in [0.3, 0.4) is 0 Å². The van der Waals surface area contributed by atoms with Crippen molar-refractivity contribution in [3.63, 3.8) is 0 Å². The molecule has 2 rings (SSSR count). The van der Waals surface area contributed by atoms with E-state index in [1.165, 1.54) is 6.20 Å². The van der Waals surface area contributed by atoms with Gasteiger partial charge in [0.2, 0.25) is 0 Å². The van der Waals surface area contributed by atoms with Crippen LogP contribution in [0.2, 0.25) is 0 Å². The molecule has 1 aromatic heterocycles. The third-order valence-electron chi connectivity index (χ3n) is 3.80. The van der Waals surface area contributed by atoms with Crippen LogP contribution in [0, 0.1) is 0 Å². The fraction of sp³-hybridized carbons (Fsp3) is 0.615. The minimum absolute atomic E-state index is 0.00416. The van der Waals surface area contributed by atoms with Crippen LogP contribution in [0.4, 0.5) is 5.69 Å². The lowest BCUT2D eigenvalue weighted by molar-refractivity contribution is 0.270. The summed E-state index contributed by atoms with van der Waals surface area (Å²) in [5.41, 5.74) is 2.74. The number of hydrazine groups is 1. The molecule has 0 aliphatic carbocycles. The quantitative estimate of drug-likeness (QED) is 0.620. The third kappa shape index (κ3) is 3.34. The molecular formula is C13H23N5O2S. The number of nitrogens with two attached hydrogens (primary N) is 1. The number of rotatable bonds is 4. The highest BCUT2D eigenvalue weighted by atomic mass is 32.2. The molecule has 0 radical (unpaired) electrons. The van der Waals surface area contributed by atoms with E-state index in [1.807, 2.05) is 14.0 Å². The largest absolute Gasteiger partial charge is 0.321 e. The fourth-order valence-corrected chi connectivity index (χ4v) is 4.49. The number of sulfonamides is 1. The second kappa shape index (κ2) is 6.69. The van der Waals surface area contributed by atoms with Crippen molar-refractivity contribution < 1.29 is 8.42 Å². The zero-order valence-electron chi connectivity index (χ0n) is 12.5. The fourth-order valence-electron chi connectivity index (χ4n) is 2.69. The molecule has 0 spiro atoms. The van der Waals surface area contributed by atoms with E-state index in [1.54, 1.807) is 16.4 Å². The number of aromatic nitrogens is 1. The number of anilines is 1. The Kier molecular flexibility index (Phi) is 5.15. The number of nitrogen functional groups attached to an aromatic ring is 1. The molecule has 0 amide bonds. The monoisotopic (exact) mass is 313 g/mol. The van der Waals surface area contributed by atoms with E-state index in [2.05, 4.69) is 15.3 Å². The van der Waals surface area contributed by atoms with Gasteiger partial charge in [0.1, 0.15) is 0 Å². The van der Waals surface area contributed by atoms with E-state index in [0.29, 0.717) is 12.2 Å². The normalized spacial score (nSPS) is 22.0. The van der Waals surface area contributed by atoms with Gasteiger partial charge in [-0.2, -0.15) is 4.31 Å². The standard InChI is InChI=1S/C13H23N5O2S/c1-3-11-10-17(2)8-5-9-18(11)21(19,20)13-12(16-14)6-4-7-15-13/h4,6-7,11,16H,3,5,8-10,14H2,1-2H3. The summed E-state index contributed by atoms with van der Waals surface area (Å²) in [5, 5.41) is -0.00416. The number of hydrogen-bond acceptors (Lipinski definition) is 6. The molecule has 1 aliphatic rings. The van der Waals surface area contributed by atoms with Crippen molar-refractivity contribution >= 4 is 15.7 Å². The maximum absolute atomic E-state index is 12.9. The minimum Gasteiger partial charge on any atom is -0.321 e. The van der Waals surface area contributed by atoms with E-state index in [-0.39, 0.29) is 11.1 Å². The summed E-state index contributed by atoms with van der Waals surface area (Å²) in [6, 6.07) is 3.22. The number of hydrogen-bond donors (Lipinski definition) is 2. The van der Waals surface area contributed by atoms with E-state index in [9.17, 15) is 8.42 Å². The van der Waals surface area contributed by atoms with Crippen molar-refractivity contribution in [1.29, 1.82) is 0 Å². The van der Waals surface area contributed by atoms with Crippen molar-refractivity contribution in [2.75, 3.05) is 32.1 Å². The number of nitrogens with zero attached hydrogens (tertiary/aromatic N) is 3. The Hall–Kier alpha value is -1.22.